The van der Waals surface area contributed by atoms with E-state index in [1.54, 1.807) is 0 Å². The van der Waals surface area contributed by atoms with Gasteiger partial charge in [-0.1, -0.05) is 23.8 Å². The molecule has 3 nitrogen and oxygen atoms in total. The van der Waals surface area contributed by atoms with Crippen LogP contribution in [0.25, 0.3) is 0 Å². The summed E-state index contributed by atoms with van der Waals surface area (Å²) in [4.78, 5) is 13.4. The SMILES string of the molecule is Cc1ccc(C(C)N2CCC(C(=O)O)CC2)c(C)c1. The van der Waals surface area contributed by atoms with Gasteiger partial charge in [0.25, 0.3) is 0 Å². The molecule has 0 spiro atoms. The lowest BCUT2D eigenvalue weighted by Crippen LogP contribution is -2.38. The van der Waals surface area contributed by atoms with E-state index in [1.165, 1.54) is 16.7 Å². The van der Waals surface area contributed by atoms with Gasteiger partial charge in [0.2, 0.25) is 0 Å². The number of likely N-dealkylation sites (tertiary alicyclic amines) is 1. The van der Waals surface area contributed by atoms with Crippen LogP contribution in [-0.4, -0.2) is 29.1 Å². The van der Waals surface area contributed by atoms with Crippen LogP contribution in [0.4, 0.5) is 0 Å². The molecule has 1 aromatic rings. The van der Waals surface area contributed by atoms with Crippen molar-refractivity contribution >= 4 is 5.97 Å². The molecule has 1 N–H and O–H groups in total. The third-order valence-electron chi connectivity index (χ3n) is 4.30. The van der Waals surface area contributed by atoms with Crippen molar-refractivity contribution in [3.8, 4) is 0 Å². The average Bonchev–Trinajstić information content (AvgIpc) is 2.38. The minimum Gasteiger partial charge on any atom is -0.481 e. The summed E-state index contributed by atoms with van der Waals surface area (Å²) in [6, 6.07) is 6.95. The van der Waals surface area contributed by atoms with E-state index in [0.717, 1.165) is 25.9 Å². The molecular formula is C16H23NO2. The Hall–Kier alpha value is -1.35. The van der Waals surface area contributed by atoms with E-state index < -0.39 is 5.97 Å². The molecule has 1 heterocycles. The fourth-order valence-corrected chi connectivity index (χ4v) is 3.02. The number of aryl methyl sites for hydroxylation is 2. The second-order valence-electron chi connectivity index (χ2n) is 5.68. The summed E-state index contributed by atoms with van der Waals surface area (Å²) in [7, 11) is 0. The monoisotopic (exact) mass is 261 g/mol. The van der Waals surface area contributed by atoms with Gasteiger partial charge in [-0.05, 0) is 57.8 Å². The van der Waals surface area contributed by atoms with Crippen LogP contribution in [0.15, 0.2) is 18.2 Å². The van der Waals surface area contributed by atoms with E-state index in [1.807, 2.05) is 0 Å². The number of piperidine rings is 1. The van der Waals surface area contributed by atoms with Gasteiger partial charge in [-0.25, -0.2) is 0 Å². The van der Waals surface area contributed by atoms with Crippen LogP contribution in [0.3, 0.4) is 0 Å². The highest BCUT2D eigenvalue weighted by Gasteiger charge is 2.27. The van der Waals surface area contributed by atoms with Gasteiger partial charge in [-0.2, -0.15) is 0 Å². The number of hydrogen-bond acceptors (Lipinski definition) is 2. The molecule has 0 amide bonds. The van der Waals surface area contributed by atoms with E-state index in [0.29, 0.717) is 6.04 Å². The number of carboxylic acid groups (broad SMARTS) is 1. The quantitative estimate of drug-likeness (QED) is 0.908. The van der Waals surface area contributed by atoms with Crippen LogP contribution in [0.5, 0.6) is 0 Å². The van der Waals surface area contributed by atoms with Gasteiger partial charge >= 0.3 is 5.97 Å². The smallest absolute Gasteiger partial charge is 0.306 e. The predicted octanol–water partition coefficient (Wildman–Crippen LogP) is 3.16. The van der Waals surface area contributed by atoms with Gasteiger partial charge in [0.15, 0.2) is 0 Å². The second kappa shape index (κ2) is 5.74. The molecule has 104 valence electrons. The second-order valence-corrected chi connectivity index (χ2v) is 5.68. The summed E-state index contributed by atoms with van der Waals surface area (Å²) in [5.74, 6) is -0.790. The summed E-state index contributed by atoms with van der Waals surface area (Å²) >= 11 is 0. The molecule has 2 rings (SSSR count). The third-order valence-corrected chi connectivity index (χ3v) is 4.30. The predicted molar refractivity (Wildman–Crippen MR) is 76.3 cm³/mol. The van der Waals surface area contributed by atoms with E-state index in [4.69, 9.17) is 5.11 Å². The van der Waals surface area contributed by atoms with Crippen LogP contribution < -0.4 is 0 Å². The van der Waals surface area contributed by atoms with Gasteiger partial charge < -0.3 is 5.11 Å². The maximum Gasteiger partial charge on any atom is 0.306 e. The minimum atomic E-state index is -0.640. The van der Waals surface area contributed by atoms with E-state index in [-0.39, 0.29) is 5.92 Å². The first-order valence-electron chi connectivity index (χ1n) is 7.03. The van der Waals surface area contributed by atoms with Crippen LogP contribution in [-0.2, 0) is 4.79 Å². The molecule has 0 aromatic heterocycles. The number of rotatable bonds is 3. The van der Waals surface area contributed by atoms with E-state index >= 15 is 0 Å². The summed E-state index contributed by atoms with van der Waals surface area (Å²) in [6.45, 7) is 8.25. The molecule has 0 saturated carbocycles. The van der Waals surface area contributed by atoms with Crippen molar-refractivity contribution in [2.24, 2.45) is 5.92 Å². The molecule has 3 heteroatoms. The fraction of sp³-hybridized carbons (Fsp3) is 0.562. The summed E-state index contributed by atoms with van der Waals surface area (Å²) in [6.07, 6.45) is 1.54. The van der Waals surface area contributed by atoms with Crippen molar-refractivity contribution in [3.05, 3.63) is 34.9 Å². The summed E-state index contributed by atoms with van der Waals surface area (Å²) in [5, 5.41) is 9.04. The lowest BCUT2D eigenvalue weighted by Gasteiger charge is -2.35. The first kappa shape index (κ1) is 14.1. The van der Waals surface area contributed by atoms with Gasteiger partial charge in [0, 0.05) is 6.04 Å². The highest BCUT2D eigenvalue weighted by molar-refractivity contribution is 5.70. The van der Waals surface area contributed by atoms with Crippen molar-refractivity contribution in [1.29, 1.82) is 0 Å². The third kappa shape index (κ3) is 3.16. The Morgan fingerprint density at radius 2 is 1.95 bits per heavy atom. The van der Waals surface area contributed by atoms with E-state index in [9.17, 15) is 4.79 Å². The molecule has 0 aliphatic carbocycles. The Kier molecular flexibility index (Phi) is 4.25. The zero-order chi connectivity index (χ0) is 14.0. The first-order valence-corrected chi connectivity index (χ1v) is 7.03. The fourth-order valence-electron chi connectivity index (χ4n) is 3.02. The van der Waals surface area contributed by atoms with Crippen LogP contribution in [0, 0.1) is 19.8 Å². The maximum absolute atomic E-state index is 11.0. The van der Waals surface area contributed by atoms with Crippen LogP contribution >= 0.6 is 0 Å². The Morgan fingerprint density at radius 1 is 1.32 bits per heavy atom. The zero-order valence-corrected chi connectivity index (χ0v) is 12.0. The Bertz CT molecular complexity index is 462. The normalized spacial score (nSPS) is 19.3. The van der Waals surface area contributed by atoms with Gasteiger partial charge in [0.1, 0.15) is 0 Å². The average molecular weight is 261 g/mol. The molecule has 0 bridgehead atoms. The van der Waals surface area contributed by atoms with Crippen molar-refractivity contribution in [3.63, 3.8) is 0 Å². The molecule has 1 aromatic carbocycles. The van der Waals surface area contributed by atoms with Crippen molar-refractivity contribution in [2.45, 2.75) is 39.7 Å². The number of hydrogen-bond donors (Lipinski definition) is 1. The van der Waals surface area contributed by atoms with Crippen LogP contribution in [0.1, 0.15) is 42.5 Å². The number of nitrogens with zero attached hydrogens (tertiary/aromatic N) is 1. The Morgan fingerprint density at radius 3 is 2.47 bits per heavy atom. The number of carboxylic acids is 1. The largest absolute Gasteiger partial charge is 0.481 e. The summed E-state index contributed by atoms with van der Waals surface area (Å²) in [5.41, 5.74) is 3.98. The molecular weight excluding hydrogens is 238 g/mol. The van der Waals surface area contributed by atoms with Gasteiger partial charge in [0.05, 0.1) is 5.92 Å². The molecule has 1 fully saturated rings. The van der Waals surface area contributed by atoms with Gasteiger partial charge in [-0.15, -0.1) is 0 Å². The Labute approximate surface area is 115 Å². The molecule has 0 radical (unpaired) electrons. The lowest BCUT2D eigenvalue weighted by molar-refractivity contribution is -0.143. The zero-order valence-electron chi connectivity index (χ0n) is 12.0. The van der Waals surface area contributed by atoms with Gasteiger partial charge in [-0.3, -0.25) is 9.69 Å². The Balaban J connectivity index is 2.05. The molecule has 1 atom stereocenters. The highest BCUT2D eigenvalue weighted by Crippen LogP contribution is 2.28. The molecule has 1 aliphatic rings. The molecule has 1 unspecified atom stereocenters. The van der Waals surface area contributed by atoms with Crippen molar-refractivity contribution in [1.82, 2.24) is 4.90 Å². The molecule has 19 heavy (non-hydrogen) atoms. The number of benzene rings is 1. The number of carbonyl (C=O) groups is 1. The standard InChI is InChI=1S/C16H23NO2/c1-11-4-5-15(12(2)10-11)13(3)17-8-6-14(7-9-17)16(18)19/h4-5,10,13-14H,6-9H2,1-3H3,(H,18,19). The molecule has 1 aliphatic heterocycles. The molecule has 1 saturated heterocycles. The number of aliphatic carboxylic acids is 1. The lowest BCUT2D eigenvalue weighted by atomic mass is 9.93. The maximum atomic E-state index is 11.0. The minimum absolute atomic E-state index is 0.150. The van der Waals surface area contributed by atoms with Crippen molar-refractivity contribution < 1.29 is 9.90 Å². The highest BCUT2D eigenvalue weighted by atomic mass is 16.4. The first-order chi connectivity index (χ1) is 8.99. The van der Waals surface area contributed by atoms with E-state index in [2.05, 4.69) is 43.9 Å². The van der Waals surface area contributed by atoms with Crippen molar-refractivity contribution in [2.75, 3.05) is 13.1 Å². The van der Waals surface area contributed by atoms with Crippen LogP contribution in [0.2, 0.25) is 0 Å². The topological polar surface area (TPSA) is 40.5 Å². The summed E-state index contributed by atoms with van der Waals surface area (Å²) < 4.78 is 0.